The monoisotopic (exact) mass is 478 g/mol. The van der Waals surface area contributed by atoms with Crippen molar-refractivity contribution in [2.45, 2.75) is 25.2 Å². The minimum absolute atomic E-state index is 0.297. The van der Waals surface area contributed by atoms with E-state index in [1.807, 2.05) is 66.4 Å². The number of alkyl halides is 3. The number of hydrogen-bond donors (Lipinski definition) is 1. The summed E-state index contributed by atoms with van der Waals surface area (Å²) in [6.07, 6.45) is -0.934. The van der Waals surface area contributed by atoms with Crippen LogP contribution in [0.2, 0.25) is 0 Å². The van der Waals surface area contributed by atoms with E-state index in [9.17, 15) is 13.2 Å². The third kappa shape index (κ3) is 4.05. The Morgan fingerprint density at radius 1 is 0.912 bits per heavy atom. The summed E-state index contributed by atoms with van der Waals surface area (Å²) >= 11 is 5.74. The van der Waals surface area contributed by atoms with Gasteiger partial charge >= 0.3 is 6.18 Å². The highest BCUT2D eigenvalue weighted by Gasteiger charge is 2.42. The zero-order valence-electron chi connectivity index (χ0n) is 18.2. The summed E-state index contributed by atoms with van der Waals surface area (Å²) in [7, 11) is 0. The van der Waals surface area contributed by atoms with E-state index < -0.39 is 11.7 Å². The fourth-order valence-electron chi connectivity index (χ4n) is 4.34. The summed E-state index contributed by atoms with van der Waals surface area (Å²) in [5, 5.41) is 3.92. The summed E-state index contributed by atoms with van der Waals surface area (Å²) in [5.41, 5.74) is 3.33. The van der Waals surface area contributed by atoms with Crippen molar-refractivity contribution in [1.82, 2.24) is 14.9 Å². The first-order valence-corrected chi connectivity index (χ1v) is 11.2. The van der Waals surface area contributed by atoms with Crippen LogP contribution in [0.15, 0.2) is 91.3 Å². The topological polar surface area (TPSA) is 33.1 Å². The molecule has 2 atom stereocenters. The largest absolute Gasteiger partial charge is 0.416 e. The highest BCUT2D eigenvalue weighted by atomic mass is 32.1. The lowest BCUT2D eigenvalue weighted by Gasteiger charge is -2.29. The predicted octanol–water partition coefficient (Wildman–Crippen LogP) is 6.38. The Labute approximate surface area is 200 Å². The van der Waals surface area contributed by atoms with Crippen molar-refractivity contribution in [3.63, 3.8) is 0 Å². The zero-order valence-corrected chi connectivity index (χ0v) is 19.0. The lowest BCUT2D eigenvalue weighted by molar-refractivity contribution is -0.137. The van der Waals surface area contributed by atoms with Gasteiger partial charge in [0.25, 0.3) is 0 Å². The number of aryl methyl sites for hydroxylation is 1. The molecule has 1 N–H and O–H groups in total. The third-order valence-corrected chi connectivity index (χ3v) is 6.26. The number of nitrogens with zero attached hydrogens (tertiary/aromatic N) is 3. The van der Waals surface area contributed by atoms with Gasteiger partial charge in [-0.05, 0) is 73.7 Å². The fraction of sp³-hybridized carbons (Fsp3) is 0.154. The van der Waals surface area contributed by atoms with Crippen molar-refractivity contribution < 1.29 is 13.2 Å². The number of anilines is 1. The maximum Gasteiger partial charge on any atom is 0.416 e. The van der Waals surface area contributed by atoms with Crippen molar-refractivity contribution in [1.29, 1.82) is 0 Å². The van der Waals surface area contributed by atoms with Crippen LogP contribution in [0.3, 0.4) is 0 Å². The quantitative estimate of drug-likeness (QED) is 0.345. The minimum atomic E-state index is -4.43. The van der Waals surface area contributed by atoms with Crippen molar-refractivity contribution >= 4 is 23.0 Å². The van der Waals surface area contributed by atoms with Gasteiger partial charge in [-0.3, -0.25) is 4.98 Å². The van der Waals surface area contributed by atoms with E-state index in [1.54, 1.807) is 23.0 Å². The van der Waals surface area contributed by atoms with Gasteiger partial charge in [-0.15, -0.1) is 0 Å². The molecule has 1 aliphatic rings. The average Bonchev–Trinajstić information content (AvgIpc) is 3.44. The molecular formula is C26H21F3N4S. The number of thiocarbonyl (C=S) groups is 1. The molecule has 2 aromatic carbocycles. The number of aromatic nitrogens is 2. The molecule has 1 fully saturated rings. The molecule has 0 radical (unpaired) electrons. The Kier molecular flexibility index (Phi) is 5.61. The maximum absolute atomic E-state index is 13.4. The summed E-state index contributed by atoms with van der Waals surface area (Å²) < 4.78 is 42.0. The molecule has 0 aliphatic carbocycles. The first kappa shape index (κ1) is 22.2. The molecule has 3 heterocycles. The molecule has 4 aromatic rings. The number of benzene rings is 2. The molecule has 0 bridgehead atoms. The van der Waals surface area contributed by atoms with E-state index in [1.165, 1.54) is 6.07 Å². The van der Waals surface area contributed by atoms with Crippen LogP contribution >= 0.6 is 12.2 Å². The van der Waals surface area contributed by atoms with E-state index in [0.717, 1.165) is 34.8 Å². The lowest BCUT2D eigenvalue weighted by Crippen LogP contribution is -2.30. The molecule has 8 heteroatoms. The van der Waals surface area contributed by atoms with Gasteiger partial charge in [-0.1, -0.05) is 29.8 Å². The Hall–Kier alpha value is -3.65. The van der Waals surface area contributed by atoms with Crippen LogP contribution in [-0.2, 0) is 6.18 Å². The molecule has 2 aromatic heterocycles. The Morgan fingerprint density at radius 3 is 2.41 bits per heavy atom. The number of hydrogen-bond acceptors (Lipinski definition) is 2. The molecule has 2 unspecified atom stereocenters. The van der Waals surface area contributed by atoms with Gasteiger partial charge in [0.05, 0.1) is 17.3 Å². The maximum atomic E-state index is 13.4. The standard InChI is InChI=1S/C26H21F3N4S/c1-17-10-12-19(13-11-17)33-24(23(31-25(33)34)21-8-2-3-14-30-21)22-9-5-15-32(22)20-7-4-6-18(16-20)26(27,28)29/h2-16,23-24H,1H3,(H,31,34). The van der Waals surface area contributed by atoms with Crippen LogP contribution in [0.25, 0.3) is 5.69 Å². The van der Waals surface area contributed by atoms with Gasteiger partial charge in [0.2, 0.25) is 0 Å². The molecule has 0 amide bonds. The molecule has 0 saturated carbocycles. The lowest BCUT2D eigenvalue weighted by atomic mass is 10.0. The number of rotatable bonds is 4. The highest BCUT2D eigenvalue weighted by Crippen LogP contribution is 2.42. The molecule has 1 aliphatic heterocycles. The summed E-state index contributed by atoms with van der Waals surface area (Å²) in [6.45, 7) is 2.01. The molecule has 172 valence electrons. The van der Waals surface area contributed by atoms with Gasteiger partial charge in [0.15, 0.2) is 5.11 Å². The summed E-state index contributed by atoms with van der Waals surface area (Å²) in [5.74, 6) is 0. The molecule has 4 nitrogen and oxygen atoms in total. The van der Waals surface area contributed by atoms with Crippen LogP contribution in [0.4, 0.5) is 18.9 Å². The number of halogens is 3. The van der Waals surface area contributed by atoms with Crippen LogP contribution in [0, 0.1) is 6.92 Å². The minimum Gasteiger partial charge on any atom is -0.351 e. The number of nitrogens with one attached hydrogen (secondary N) is 1. The van der Waals surface area contributed by atoms with Crippen molar-refractivity contribution in [3.05, 3.63) is 114 Å². The second kappa shape index (κ2) is 8.61. The zero-order chi connectivity index (χ0) is 23.9. The van der Waals surface area contributed by atoms with Crippen molar-refractivity contribution in [3.8, 4) is 5.69 Å². The second-order valence-electron chi connectivity index (χ2n) is 8.18. The van der Waals surface area contributed by atoms with Crippen LogP contribution < -0.4 is 10.2 Å². The second-order valence-corrected chi connectivity index (χ2v) is 8.57. The van der Waals surface area contributed by atoms with Crippen molar-refractivity contribution in [2.24, 2.45) is 0 Å². The van der Waals surface area contributed by atoms with Gasteiger partial charge in [-0.25, -0.2) is 0 Å². The van der Waals surface area contributed by atoms with E-state index in [-0.39, 0.29) is 12.1 Å². The molecular weight excluding hydrogens is 457 g/mol. The average molecular weight is 479 g/mol. The first-order chi connectivity index (χ1) is 16.3. The SMILES string of the molecule is Cc1ccc(N2C(=S)NC(c3ccccn3)C2c2cccn2-c2cccc(C(F)(F)F)c2)cc1. The Morgan fingerprint density at radius 2 is 1.71 bits per heavy atom. The van der Waals surface area contributed by atoms with Crippen LogP contribution in [-0.4, -0.2) is 14.7 Å². The highest BCUT2D eigenvalue weighted by molar-refractivity contribution is 7.80. The van der Waals surface area contributed by atoms with Gasteiger partial charge in [0, 0.05) is 29.5 Å². The normalized spacial score (nSPS) is 18.2. The predicted molar refractivity (Wildman–Crippen MR) is 130 cm³/mol. The van der Waals surface area contributed by atoms with E-state index in [0.29, 0.717) is 10.8 Å². The van der Waals surface area contributed by atoms with Crippen LogP contribution in [0.5, 0.6) is 0 Å². The molecule has 0 spiro atoms. The van der Waals surface area contributed by atoms with E-state index in [4.69, 9.17) is 12.2 Å². The molecule has 1 saturated heterocycles. The van der Waals surface area contributed by atoms with Gasteiger partial charge in [0.1, 0.15) is 6.04 Å². The van der Waals surface area contributed by atoms with Crippen molar-refractivity contribution in [2.75, 3.05) is 4.90 Å². The molecule has 5 rings (SSSR count). The first-order valence-electron chi connectivity index (χ1n) is 10.7. The van der Waals surface area contributed by atoms with Gasteiger partial charge < -0.3 is 14.8 Å². The summed E-state index contributed by atoms with van der Waals surface area (Å²) in [4.78, 5) is 6.55. The Bertz CT molecular complexity index is 1320. The Balaban J connectivity index is 1.66. The third-order valence-electron chi connectivity index (χ3n) is 5.95. The van der Waals surface area contributed by atoms with Gasteiger partial charge in [-0.2, -0.15) is 13.2 Å². The smallest absolute Gasteiger partial charge is 0.351 e. The van der Waals surface area contributed by atoms with E-state index >= 15 is 0 Å². The van der Waals surface area contributed by atoms with Crippen LogP contribution in [0.1, 0.15) is 34.6 Å². The van der Waals surface area contributed by atoms with E-state index in [2.05, 4.69) is 10.3 Å². The summed E-state index contributed by atoms with van der Waals surface area (Å²) in [6, 6.07) is 22.1. The fourth-order valence-corrected chi connectivity index (χ4v) is 4.69. The number of pyridine rings is 1. The molecule has 34 heavy (non-hydrogen) atoms.